The quantitative estimate of drug-likeness (QED) is 0.812. The molecule has 0 aliphatic heterocycles. The average molecular weight is 333 g/mol. The minimum absolute atomic E-state index is 0.0765. The molecular weight excluding hydrogens is 314 g/mol. The number of hydrogen-bond donors (Lipinski definition) is 2. The number of carbonyl (C=O) groups is 2. The van der Waals surface area contributed by atoms with E-state index in [9.17, 15) is 14.7 Å². The lowest BCUT2D eigenvalue weighted by Crippen LogP contribution is -2.23. The first-order valence-electron chi connectivity index (χ1n) is 7.32. The van der Waals surface area contributed by atoms with Gasteiger partial charge in [0.2, 0.25) is 0 Å². The van der Waals surface area contributed by atoms with Crippen LogP contribution in [0.25, 0.3) is 0 Å². The number of pyridine rings is 1. The van der Waals surface area contributed by atoms with Crippen LogP contribution in [0.1, 0.15) is 39.8 Å². The number of nitrogens with zero attached hydrogens (tertiary/aromatic N) is 2. The fourth-order valence-electron chi connectivity index (χ4n) is 2.09. The second kappa shape index (κ2) is 7.73. The molecule has 122 valence electrons. The molecule has 0 aliphatic carbocycles. The second-order valence-electron chi connectivity index (χ2n) is 5.11. The van der Waals surface area contributed by atoms with Gasteiger partial charge in [-0.1, -0.05) is 19.4 Å². The fourth-order valence-corrected chi connectivity index (χ4v) is 2.71. The molecule has 1 amide bonds. The van der Waals surface area contributed by atoms with Crippen molar-refractivity contribution in [1.29, 1.82) is 0 Å². The summed E-state index contributed by atoms with van der Waals surface area (Å²) in [7, 11) is 1.81. The van der Waals surface area contributed by atoms with Gasteiger partial charge in [0.15, 0.2) is 0 Å². The molecule has 0 unspecified atom stereocenters. The highest BCUT2D eigenvalue weighted by atomic mass is 32.1. The van der Waals surface area contributed by atoms with E-state index < -0.39 is 5.97 Å². The molecule has 0 aromatic carbocycles. The van der Waals surface area contributed by atoms with Gasteiger partial charge < -0.3 is 15.3 Å². The van der Waals surface area contributed by atoms with E-state index in [1.54, 1.807) is 12.1 Å². The molecule has 2 rings (SSSR count). The Labute approximate surface area is 138 Å². The minimum Gasteiger partial charge on any atom is -0.478 e. The van der Waals surface area contributed by atoms with Crippen molar-refractivity contribution in [2.45, 2.75) is 19.8 Å². The van der Waals surface area contributed by atoms with Crippen molar-refractivity contribution in [2.75, 3.05) is 23.8 Å². The molecule has 2 aromatic rings. The number of anilines is 2. The molecular formula is C16H19N3O3S. The highest BCUT2D eigenvalue weighted by Gasteiger charge is 2.17. The number of carboxylic acid groups (broad SMARTS) is 1. The first-order chi connectivity index (χ1) is 11.0. The Hall–Kier alpha value is -2.41. The Bertz CT molecular complexity index is 686. The zero-order valence-electron chi connectivity index (χ0n) is 13.1. The Morgan fingerprint density at radius 2 is 2.22 bits per heavy atom. The number of amides is 1. The standard InChI is InChI=1S/C16H19N3O3S/c1-3-4-7-19(2)14-12(16(21)22)9-11(10-17-14)18-15(20)13-6-5-8-23-13/h5-6,8-10H,3-4,7H2,1-2H3,(H,18,20)(H,21,22). The molecule has 0 saturated carbocycles. The highest BCUT2D eigenvalue weighted by molar-refractivity contribution is 7.12. The van der Waals surface area contributed by atoms with Gasteiger partial charge in [0.1, 0.15) is 11.4 Å². The number of aromatic nitrogens is 1. The Balaban J connectivity index is 2.21. The summed E-state index contributed by atoms with van der Waals surface area (Å²) in [5.41, 5.74) is 0.445. The molecule has 0 radical (unpaired) electrons. The van der Waals surface area contributed by atoms with Crippen LogP contribution in [0.4, 0.5) is 11.5 Å². The van der Waals surface area contributed by atoms with Gasteiger partial charge in [-0.05, 0) is 23.9 Å². The van der Waals surface area contributed by atoms with Crippen LogP contribution in [0.2, 0.25) is 0 Å². The Morgan fingerprint density at radius 3 is 2.83 bits per heavy atom. The lowest BCUT2D eigenvalue weighted by molar-refractivity contribution is 0.0697. The molecule has 2 N–H and O–H groups in total. The maximum absolute atomic E-state index is 12.0. The first kappa shape index (κ1) is 17.0. The number of nitrogens with one attached hydrogen (secondary N) is 1. The summed E-state index contributed by atoms with van der Waals surface area (Å²) in [5, 5.41) is 13.9. The van der Waals surface area contributed by atoms with E-state index in [0.29, 0.717) is 16.4 Å². The maximum Gasteiger partial charge on any atom is 0.339 e. The molecule has 2 aromatic heterocycles. The van der Waals surface area contributed by atoms with Gasteiger partial charge in [-0.3, -0.25) is 4.79 Å². The summed E-state index contributed by atoms with van der Waals surface area (Å²) in [6.45, 7) is 2.80. The van der Waals surface area contributed by atoms with Crippen molar-refractivity contribution in [3.8, 4) is 0 Å². The van der Waals surface area contributed by atoms with E-state index in [1.165, 1.54) is 23.6 Å². The van der Waals surface area contributed by atoms with E-state index in [4.69, 9.17) is 0 Å². The number of carbonyl (C=O) groups excluding carboxylic acids is 1. The van der Waals surface area contributed by atoms with Crippen LogP contribution in [0.5, 0.6) is 0 Å². The van der Waals surface area contributed by atoms with Crippen molar-refractivity contribution in [3.63, 3.8) is 0 Å². The lowest BCUT2D eigenvalue weighted by atomic mass is 10.2. The molecule has 23 heavy (non-hydrogen) atoms. The van der Waals surface area contributed by atoms with E-state index in [2.05, 4.69) is 17.2 Å². The monoisotopic (exact) mass is 333 g/mol. The largest absolute Gasteiger partial charge is 0.478 e. The summed E-state index contributed by atoms with van der Waals surface area (Å²) in [4.78, 5) is 30.1. The van der Waals surface area contributed by atoms with Crippen LogP contribution < -0.4 is 10.2 Å². The number of unbranched alkanes of at least 4 members (excludes halogenated alkanes) is 1. The smallest absolute Gasteiger partial charge is 0.339 e. The minimum atomic E-state index is -1.07. The molecule has 0 atom stereocenters. The summed E-state index contributed by atoms with van der Waals surface area (Å²) >= 11 is 1.32. The van der Waals surface area contributed by atoms with E-state index in [0.717, 1.165) is 19.4 Å². The number of aromatic carboxylic acids is 1. The van der Waals surface area contributed by atoms with Crippen LogP contribution in [-0.4, -0.2) is 35.6 Å². The molecule has 7 heteroatoms. The van der Waals surface area contributed by atoms with Gasteiger partial charge in [0.25, 0.3) is 5.91 Å². The van der Waals surface area contributed by atoms with Crippen molar-refractivity contribution >= 4 is 34.7 Å². The van der Waals surface area contributed by atoms with Crippen molar-refractivity contribution < 1.29 is 14.7 Å². The van der Waals surface area contributed by atoms with Gasteiger partial charge in [-0.15, -0.1) is 11.3 Å². The predicted octanol–water partition coefficient (Wildman–Crippen LogP) is 3.33. The fraction of sp³-hybridized carbons (Fsp3) is 0.312. The molecule has 2 heterocycles. The molecule has 6 nitrogen and oxygen atoms in total. The third-order valence-electron chi connectivity index (χ3n) is 3.31. The molecule has 0 spiro atoms. The van der Waals surface area contributed by atoms with E-state index in [-0.39, 0.29) is 11.5 Å². The molecule has 0 aliphatic rings. The number of thiophene rings is 1. The van der Waals surface area contributed by atoms with Crippen LogP contribution in [0.15, 0.2) is 29.8 Å². The highest BCUT2D eigenvalue weighted by Crippen LogP contribution is 2.22. The normalized spacial score (nSPS) is 10.3. The van der Waals surface area contributed by atoms with E-state index >= 15 is 0 Å². The number of rotatable bonds is 7. The van der Waals surface area contributed by atoms with Gasteiger partial charge in [0.05, 0.1) is 16.8 Å². The predicted molar refractivity (Wildman–Crippen MR) is 91.6 cm³/mol. The van der Waals surface area contributed by atoms with Crippen molar-refractivity contribution in [2.24, 2.45) is 0 Å². The zero-order valence-corrected chi connectivity index (χ0v) is 13.9. The molecule has 0 bridgehead atoms. The summed E-state index contributed by atoms with van der Waals surface area (Å²) in [6, 6.07) is 4.93. The van der Waals surface area contributed by atoms with Crippen LogP contribution in [-0.2, 0) is 0 Å². The topological polar surface area (TPSA) is 82.5 Å². The van der Waals surface area contributed by atoms with Crippen LogP contribution >= 0.6 is 11.3 Å². The lowest BCUT2D eigenvalue weighted by Gasteiger charge is -2.20. The number of carboxylic acids is 1. The summed E-state index contributed by atoms with van der Waals surface area (Å²) in [5.74, 6) is -0.937. The summed E-state index contributed by atoms with van der Waals surface area (Å²) in [6.07, 6.45) is 3.45. The van der Waals surface area contributed by atoms with Crippen LogP contribution in [0.3, 0.4) is 0 Å². The average Bonchev–Trinajstić information content (AvgIpc) is 3.07. The molecule has 0 saturated heterocycles. The third-order valence-corrected chi connectivity index (χ3v) is 4.18. The maximum atomic E-state index is 12.0. The van der Waals surface area contributed by atoms with Gasteiger partial charge >= 0.3 is 5.97 Å². The Kier molecular flexibility index (Phi) is 5.70. The second-order valence-corrected chi connectivity index (χ2v) is 6.05. The van der Waals surface area contributed by atoms with Crippen molar-refractivity contribution in [3.05, 3.63) is 40.2 Å². The SMILES string of the molecule is CCCCN(C)c1ncc(NC(=O)c2cccs2)cc1C(=O)O. The molecule has 0 fully saturated rings. The Morgan fingerprint density at radius 1 is 1.43 bits per heavy atom. The first-order valence-corrected chi connectivity index (χ1v) is 8.20. The van der Waals surface area contributed by atoms with Gasteiger partial charge in [-0.25, -0.2) is 9.78 Å². The van der Waals surface area contributed by atoms with E-state index in [1.807, 2.05) is 17.3 Å². The van der Waals surface area contributed by atoms with Gasteiger partial charge in [-0.2, -0.15) is 0 Å². The number of hydrogen-bond acceptors (Lipinski definition) is 5. The zero-order chi connectivity index (χ0) is 16.8. The van der Waals surface area contributed by atoms with Crippen LogP contribution in [0, 0.1) is 0 Å². The van der Waals surface area contributed by atoms with Gasteiger partial charge in [0, 0.05) is 13.6 Å². The summed E-state index contributed by atoms with van der Waals surface area (Å²) < 4.78 is 0. The van der Waals surface area contributed by atoms with Crippen molar-refractivity contribution in [1.82, 2.24) is 4.98 Å². The third kappa shape index (κ3) is 4.29.